The van der Waals surface area contributed by atoms with Crippen LogP contribution >= 0.6 is 0 Å². The standard InChI is InChI=1S/C17H20F3N3/c1-12-9-22(2)16(21-12)14-7-8-23(11-14)10-13-3-5-15(6-4-13)17(18,19)20/h3-6,9,14H,7-8,10-11H2,1-2H3/t14-/m0/s1. The summed E-state index contributed by atoms with van der Waals surface area (Å²) in [5.74, 6) is 1.49. The maximum absolute atomic E-state index is 12.6. The minimum Gasteiger partial charge on any atom is -0.337 e. The Balaban J connectivity index is 1.63. The number of alkyl halides is 3. The van der Waals surface area contributed by atoms with Gasteiger partial charge >= 0.3 is 6.18 Å². The fourth-order valence-corrected chi connectivity index (χ4v) is 3.26. The molecule has 124 valence electrons. The number of rotatable bonds is 3. The van der Waals surface area contributed by atoms with Gasteiger partial charge in [0.15, 0.2) is 0 Å². The molecule has 0 radical (unpaired) electrons. The summed E-state index contributed by atoms with van der Waals surface area (Å²) in [6.07, 6.45) is -1.22. The summed E-state index contributed by atoms with van der Waals surface area (Å²) in [6, 6.07) is 5.46. The van der Waals surface area contributed by atoms with Crippen LogP contribution in [0.1, 0.15) is 35.0 Å². The second-order valence-corrected chi connectivity index (χ2v) is 6.27. The largest absolute Gasteiger partial charge is 0.416 e. The van der Waals surface area contributed by atoms with E-state index in [0.29, 0.717) is 12.5 Å². The zero-order valence-electron chi connectivity index (χ0n) is 13.3. The second-order valence-electron chi connectivity index (χ2n) is 6.27. The molecule has 23 heavy (non-hydrogen) atoms. The summed E-state index contributed by atoms with van der Waals surface area (Å²) >= 11 is 0. The highest BCUT2D eigenvalue weighted by molar-refractivity contribution is 5.24. The molecule has 1 aliphatic rings. The Morgan fingerprint density at radius 3 is 2.48 bits per heavy atom. The Hall–Kier alpha value is -1.82. The molecular weight excluding hydrogens is 303 g/mol. The van der Waals surface area contributed by atoms with E-state index in [4.69, 9.17) is 0 Å². The molecule has 2 heterocycles. The summed E-state index contributed by atoms with van der Waals surface area (Å²) in [4.78, 5) is 6.86. The summed E-state index contributed by atoms with van der Waals surface area (Å²) in [5.41, 5.74) is 1.34. The molecular formula is C17H20F3N3. The van der Waals surface area contributed by atoms with Gasteiger partial charge in [0.1, 0.15) is 5.82 Å². The van der Waals surface area contributed by atoms with Gasteiger partial charge in [-0.1, -0.05) is 12.1 Å². The van der Waals surface area contributed by atoms with Crippen molar-refractivity contribution in [3.63, 3.8) is 0 Å². The average molecular weight is 323 g/mol. The molecule has 6 heteroatoms. The third-order valence-electron chi connectivity index (χ3n) is 4.36. The van der Waals surface area contributed by atoms with Gasteiger partial charge in [-0.25, -0.2) is 4.98 Å². The van der Waals surface area contributed by atoms with Crippen LogP contribution in [0.5, 0.6) is 0 Å². The van der Waals surface area contributed by atoms with E-state index in [-0.39, 0.29) is 0 Å². The van der Waals surface area contributed by atoms with Gasteiger partial charge in [0, 0.05) is 32.3 Å². The fraction of sp³-hybridized carbons (Fsp3) is 0.471. The summed E-state index contributed by atoms with van der Waals surface area (Å²) in [6.45, 7) is 4.50. The highest BCUT2D eigenvalue weighted by Crippen LogP contribution is 2.30. The average Bonchev–Trinajstić information content (AvgIpc) is 3.05. The number of imidazole rings is 1. The molecule has 0 aliphatic carbocycles. The Morgan fingerprint density at radius 1 is 1.22 bits per heavy atom. The van der Waals surface area contributed by atoms with Gasteiger partial charge in [-0.2, -0.15) is 13.2 Å². The van der Waals surface area contributed by atoms with Gasteiger partial charge in [-0.15, -0.1) is 0 Å². The third-order valence-corrected chi connectivity index (χ3v) is 4.36. The van der Waals surface area contributed by atoms with Crippen molar-refractivity contribution in [1.29, 1.82) is 0 Å². The number of aromatic nitrogens is 2. The lowest BCUT2D eigenvalue weighted by Gasteiger charge is -2.16. The molecule has 1 fully saturated rings. The number of hydrogen-bond donors (Lipinski definition) is 0. The minimum absolute atomic E-state index is 0.392. The van der Waals surface area contributed by atoms with Crippen LogP contribution in [0.3, 0.4) is 0 Å². The number of likely N-dealkylation sites (tertiary alicyclic amines) is 1. The van der Waals surface area contributed by atoms with Gasteiger partial charge in [-0.3, -0.25) is 4.90 Å². The zero-order chi connectivity index (χ0) is 16.6. The molecule has 3 rings (SSSR count). The lowest BCUT2D eigenvalue weighted by Crippen LogP contribution is -2.20. The highest BCUT2D eigenvalue weighted by Gasteiger charge is 2.30. The van der Waals surface area contributed by atoms with Gasteiger partial charge in [0.2, 0.25) is 0 Å². The molecule has 2 aromatic rings. The highest BCUT2D eigenvalue weighted by atomic mass is 19.4. The molecule has 0 N–H and O–H groups in total. The van der Waals surface area contributed by atoms with Gasteiger partial charge < -0.3 is 4.57 Å². The van der Waals surface area contributed by atoms with Gasteiger partial charge in [0.25, 0.3) is 0 Å². The van der Waals surface area contributed by atoms with Crippen molar-refractivity contribution in [2.45, 2.75) is 32.0 Å². The van der Waals surface area contributed by atoms with E-state index in [1.54, 1.807) is 12.1 Å². The van der Waals surface area contributed by atoms with E-state index in [0.717, 1.165) is 48.7 Å². The first-order chi connectivity index (χ1) is 10.8. The Labute approximate surface area is 133 Å². The summed E-state index contributed by atoms with van der Waals surface area (Å²) in [5, 5.41) is 0. The summed E-state index contributed by atoms with van der Waals surface area (Å²) < 4.78 is 39.8. The molecule has 1 aliphatic heterocycles. The van der Waals surface area contributed by atoms with Gasteiger partial charge in [0.05, 0.1) is 11.3 Å². The third kappa shape index (κ3) is 3.58. The first-order valence-electron chi connectivity index (χ1n) is 7.71. The van der Waals surface area contributed by atoms with Crippen LogP contribution in [0.2, 0.25) is 0 Å². The maximum Gasteiger partial charge on any atom is 0.416 e. The number of benzene rings is 1. The van der Waals surface area contributed by atoms with Crippen LogP contribution in [0.4, 0.5) is 13.2 Å². The minimum atomic E-state index is -4.27. The van der Waals surface area contributed by atoms with E-state index < -0.39 is 11.7 Å². The molecule has 0 amide bonds. The van der Waals surface area contributed by atoms with Crippen molar-refractivity contribution in [2.75, 3.05) is 13.1 Å². The lowest BCUT2D eigenvalue weighted by molar-refractivity contribution is -0.137. The van der Waals surface area contributed by atoms with Crippen molar-refractivity contribution in [1.82, 2.24) is 14.5 Å². The Kier molecular flexibility index (Phi) is 4.19. The molecule has 0 saturated carbocycles. The molecule has 0 unspecified atom stereocenters. The topological polar surface area (TPSA) is 21.1 Å². The van der Waals surface area contributed by atoms with Crippen LogP contribution in [0.15, 0.2) is 30.5 Å². The van der Waals surface area contributed by atoms with E-state index >= 15 is 0 Å². The fourth-order valence-electron chi connectivity index (χ4n) is 3.26. The molecule has 1 aromatic heterocycles. The molecule has 3 nitrogen and oxygen atoms in total. The molecule has 0 spiro atoms. The van der Waals surface area contributed by atoms with E-state index in [1.807, 2.05) is 20.2 Å². The number of aryl methyl sites for hydroxylation is 2. The van der Waals surface area contributed by atoms with E-state index in [9.17, 15) is 13.2 Å². The number of halogens is 3. The van der Waals surface area contributed by atoms with E-state index in [1.165, 1.54) is 0 Å². The van der Waals surface area contributed by atoms with Crippen molar-refractivity contribution in [2.24, 2.45) is 7.05 Å². The first kappa shape index (κ1) is 16.1. The number of nitrogens with zero attached hydrogens (tertiary/aromatic N) is 3. The van der Waals surface area contributed by atoms with Crippen LogP contribution in [0, 0.1) is 6.92 Å². The van der Waals surface area contributed by atoms with Crippen molar-refractivity contribution >= 4 is 0 Å². The molecule has 1 aromatic carbocycles. The Morgan fingerprint density at radius 2 is 1.91 bits per heavy atom. The summed E-state index contributed by atoms with van der Waals surface area (Å²) in [7, 11) is 2.01. The first-order valence-corrected chi connectivity index (χ1v) is 7.71. The molecule has 0 bridgehead atoms. The molecule has 1 saturated heterocycles. The number of hydrogen-bond acceptors (Lipinski definition) is 2. The van der Waals surface area contributed by atoms with Crippen LogP contribution in [-0.2, 0) is 19.8 Å². The molecule has 1 atom stereocenters. The normalized spacial score (nSPS) is 19.4. The van der Waals surface area contributed by atoms with Crippen LogP contribution < -0.4 is 0 Å². The lowest BCUT2D eigenvalue weighted by atomic mass is 10.1. The second kappa shape index (κ2) is 6.00. The van der Waals surface area contributed by atoms with Crippen molar-refractivity contribution in [3.8, 4) is 0 Å². The van der Waals surface area contributed by atoms with Crippen LogP contribution in [0.25, 0.3) is 0 Å². The Bertz CT molecular complexity index is 673. The monoisotopic (exact) mass is 323 g/mol. The predicted octanol–water partition coefficient (Wildman–Crippen LogP) is 3.74. The van der Waals surface area contributed by atoms with Crippen molar-refractivity contribution in [3.05, 3.63) is 53.1 Å². The van der Waals surface area contributed by atoms with Crippen LogP contribution in [-0.4, -0.2) is 27.5 Å². The predicted molar refractivity (Wildman–Crippen MR) is 82.0 cm³/mol. The smallest absolute Gasteiger partial charge is 0.337 e. The quantitative estimate of drug-likeness (QED) is 0.858. The maximum atomic E-state index is 12.6. The van der Waals surface area contributed by atoms with E-state index in [2.05, 4.69) is 14.5 Å². The zero-order valence-corrected chi connectivity index (χ0v) is 13.3. The van der Waals surface area contributed by atoms with Crippen molar-refractivity contribution < 1.29 is 13.2 Å². The SMILES string of the molecule is Cc1cn(C)c([C@H]2CCN(Cc3ccc(C(F)(F)F)cc3)C2)n1. The van der Waals surface area contributed by atoms with Gasteiger partial charge in [-0.05, 0) is 37.6 Å².